The highest BCUT2D eigenvalue weighted by Gasteiger charge is 2.19. The van der Waals surface area contributed by atoms with Gasteiger partial charge in [-0.3, -0.25) is 9.79 Å². The number of nitrogens with one attached hydrogen (secondary N) is 1. The fourth-order valence-electron chi connectivity index (χ4n) is 3.48. The molecule has 0 bridgehead atoms. The molecule has 0 saturated heterocycles. The molecule has 0 unspecified atom stereocenters. The number of nitrogens with zero attached hydrogens (tertiary/aromatic N) is 1. The quantitative estimate of drug-likeness (QED) is 0.527. The van der Waals surface area contributed by atoms with E-state index >= 15 is 0 Å². The van der Waals surface area contributed by atoms with Crippen molar-refractivity contribution in [3.8, 4) is 0 Å². The van der Waals surface area contributed by atoms with Crippen LogP contribution in [0.2, 0.25) is 0 Å². The molecule has 1 N–H and O–H groups in total. The molecule has 0 spiro atoms. The summed E-state index contributed by atoms with van der Waals surface area (Å²) in [5.41, 5.74) is 4.88. The van der Waals surface area contributed by atoms with E-state index in [4.69, 9.17) is 4.99 Å². The number of hydrogen-bond acceptors (Lipinski definition) is 3. The number of carbonyl (C=O) groups excluding carboxylic acids is 1. The Morgan fingerprint density at radius 1 is 1.00 bits per heavy atom. The highest BCUT2D eigenvalue weighted by Crippen LogP contribution is 2.41. The lowest BCUT2D eigenvalue weighted by atomic mass is 10.1. The van der Waals surface area contributed by atoms with Crippen LogP contribution in [-0.2, 0) is 0 Å². The Morgan fingerprint density at radius 2 is 1.76 bits per heavy atom. The Morgan fingerprint density at radius 3 is 2.55 bits per heavy atom. The fraction of sp³-hybridized carbons (Fsp3) is 0.200. The van der Waals surface area contributed by atoms with Gasteiger partial charge in [0.2, 0.25) is 0 Å². The van der Waals surface area contributed by atoms with E-state index in [0.717, 1.165) is 34.7 Å². The van der Waals surface area contributed by atoms with Gasteiger partial charge < -0.3 is 5.32 Å². The van der Waals surface area contributed by atoms with E-state index in [2.05, 4.69) is 36.5 Å². The van der Waals surface area contributed by atoms with Gasteiger partial charge in [-0.2, -0.15) is 0 Å². The zero-order valence-electron chi connectivity index (χ0n) is 16.7. The standard InChI is InChI=1S/C25H24N2OS/c1-3-9-21-20-12-7-8-13-23(20)29-24-15-14-19(16-22(24)27-21)25(28)26-17(2)18-10-5-4-6-11-18/h4-8,10-17H,3,9H2,1-2H3,(H,26,28)/t17-/m0/s1. The van der Waals surface area contributed by atoms with Gasteiger partial charge in [0.15, 0.2) is 0 Å². The maximum atomic E-state index is 12.9. The summed E-state index contributed by atoms with van der Waals surface area (Å²) in [6.45, 7) is 4.17. The fourth-order valence-corrected chi connectivity index (χ4v) is 4.51. The third-order valence-corrected chi connectivity index (χ3v) is 6.17. The first kappa shape index (κ1) is 19.5. The average Bonchev–Trinajstić information content (AvgIpc) is 2.90. The van der Waals surface area contributed by atoms with E-state index in [1.54, 1.807) is 11.8 Å². The molecule has 0 radical (unpaired) electrons. The van der Waals surface area contributed by atoms with Gasteiger partial charge in [0.1, 0.15) is 0 Å². The topological polar surface area (TPSA) is 41.5 Å². The van der Waals surface area contributed by atoms with Crippen LogP contribution >= 0.6 is 11.8 Å². The van der Waals surface area contributed by atoms with Crippen LogP contribution in [0.15, 0.2) is 87.6 Å². The van der Waals surface area contributed by atoms with Gasteiger partial charge in [0, 0.05) is 26.6 Å². The highest BCUT2D eigenvalue weighted by atomic mass is 32.2. The lowest BCUT2D eigenvalue weighted by Crippen LogP contribution is -2.26. The molecule has 1 atom stereocenters. The predicted octanol–water partition coefficient (Wildman–Crippen LogP) is 6.56. The SMILES string of the molecule is CCCC1=Nc2cc(C(=O)N[C@@H](C)c3ccccc3)ccc2Sc2ccccc21. The Hall–Kier alpha value is -2.85. The average molecular weight is 401 g/mol. The van der Waals surface area contributed by atoms with Crippen molar-refractivity contribution in [2.24, 2.45) is 4.99 Å². The van der Waals surface area contributed by atoms with Crippen molar-refractivity contribution in [1.29, 1.82) is 0 Å². The van der Waals surface area contributed by atoms with Crippen LogP contribution in [0.3, 0.4) is 0 Å². The number of carbonyl (C=O) groups is 1. The van der Waals surface area contributed by atoms with Gasteiger partial charge in [-0.25, -0.2) is 0 Å². The highest BCUT2D eigenvalue weighted by molar-refractivity contribution is 7.99. The number of benzene rings is 3. The van der Waals surface area contributed by atoms with Crippen molar-refractivity contribution in [1.82, 2.24) is 5.32 Å². The van der Waals surface area contributed by atoms with Gasteiger partial charge in [-0.15, -0.1) is 0 Å². The zero-order chi connectivity index (χ0) is 20.2. The third-order valence-electron chi connectivity index (χ3n) is 5.03. The number of aliphatic imine (C=N–C) groups is 1. The maximum absolute atomic E-state index is 12.9. The molecule has 0 aliphatic carbocycles. The maximum Gasteiger partial charge on any atom is 0.251 e. The summed E-state index contributed by atoms with van der Waals surface area (Å²) in [6.07, 6.45) is 1.94. The third kappa shape index (κ3) is 4.28. The van der Waals surface area contributed by atoms with Gasteiger partial charge in [0.25, 0.3) is 5.91 Å². The Balaban J connectivity index is 1.64. The molecule has 146 valence electrons. The minimum atomic E-state index is -0.0804. The molecule has 3 nitrogen and oxygen atoms in total. The summed E-state index contributed by atoms with van der Waals surface area (Å²) in [6, 6.07) is 24.2. The smallest absolute Gasteiger partial charge is 0.251 e. The second kappa shape index (κ2) is 8.66. The van der Waals surface area contributed by atoms with Crippen molar-refractivity contribution in [3.63, 3.8) is 0 Å². The van der Waals surface area contributed by atoms with Crippen molar-refractivity contribution < 1.29 is 4.79 Å². The largest absolute Gasteiger partial charge is 0.346 e. The molecular formula is C25H24N2OS. The molecule has 4 rings (SSSR count). The van der Waals surface area contributed by atoms with E-state index < -0.39 is 0 Å². The Kier molecular flexibility index (Phi) is 5.81. The monoisotopic (exact) mass is 400 g/mol. The lowest BCUT2D eigenvalue weighted by Gasteiger charge is -2.15. The lowest BCUT2D eigenvalue weighted by molar-refractivity contribution is 0.0940. The van der Waals surface area contributed by atoms with Gasteiger partial charge in [-0.1, -0.05) is 73.6 Å². The van der Waals surface area contributed by atoms with E-state index in [0.29, 0.717) is 5.56 Å². The van der Waals surface area contributed by atoms with Crippen LogP contribution in [0.25, 0.3) is 0 Å². The summed E-state index contributed by atoms with van der Waals surface area (Å²) in [5, 5.41) is 3.09. The van der Waals surface area contributed by atoms with E-state index in [9.17, 15) is 4.79 Å². The van der Waals surface area contributed by atoms with Crippen molar-refractivity contribution in [2.45, 2.75) is 42.5 Å². The molecular weight excluding hydrogens is 376 g/mol. The van der Waals surface area contributed by atoms with E-state index in [1.807, 2.05) is 55.5 Å². The number of hydrogen-bond donors (Lipinski definition) is 1. The van der Waals surface area contributed by atoms with Gasteiger partial charge in [0.05, 0.1) is 11.7 Å². The second-order valence-corrected chi connectivity index (χ2v) is 8.28. The molecule has 1 aliphatic rings. The Bertz CT molecular complexity index is 1060. The zero-order valence-corrected chi connectivity index (χ0v) is 17.5. The van der Waals surface area contributed by atoms with E-state index in [-0.39, 0.29) is 11.9 Å². The first-order valence-corrected chi connectivity index (χ1v) is 10.8. The summed E-state index contributed by atoms with van der Waals surface area (Å²) < 4.78 is 0. The first-order valence-electron chi connectivity index (χ1n) is 10.0. The normalized spacial score (nSPS) is 13.5. The molecule has 0 saturated carbocycles. The van der Waals surface area contributed by atoms with Crippen molar-refractivity contribution >= 4 is 29.1 Å². The molecule has 29 heavy (non-hydrogen) atoms. The molecule has 0 aromatic heterocycles. The summed E-state index contributed by atoms with van der Waals surface area (Å²) in [5.74, 6) is -0.0804. The summed E-state index contributed by atoms with van der Waals surface area (Å²) >= 11 is 1.72. The Labute approximate surface area is 176 Å². The van der Waals surface area contributed by atoms with Crippen LogP contribution in [0.4, 0.5) is 5.69 Å². The summed E-state index contributed by atoms with van der Waals surface area (Å²) in [7, 11) is 0. The molecule has 0 fully saturated rings. The minimum absolute atomic E-state index is 0.0553. The van der Waals surface area contributed by atoms with Crippen LogP contribution < -0.4 is 5.32 Å². The molecule has 1 aliphatic heterocycles. The first-order chi connectivity index (χ1) is 14.2. The molecule has 4 heteroatoms. The molecule has 3 aromatic rings. The van der Waals surface area contributed by atoms with Crippen molar-refractivity contribution in [3.05, 3.63) is 89.5 Å². The van der Waals surface area contributed by atoms with Crippen LogP contribution in [0.1, 0.15) is 54.2 Å². The second-order valence-electron chi connectivity index (χ2n) is 7.20. The van der Waals surface area contributed by atoms with E-state index in [1.165, 1.54) is 10.5 Å². The van der Waals surface area contributed by atoms with Crippen LogP contribution in [0.5, 0.6) is 0 Å². The number of rotatable bonds is 5. The molecule has 3 aromatic carbocycles. The van der Waals surface area contributed by atoms with Gasteiger partial charge >= 0.3 is 0 Å². The predicted molar refractivity (Wildman–Crippen MR) is 120 cm³/mol. The van der Waals surface area contributed by atoms with Crippen LogP contribution in [0, 0.1) is 0 Å². The van der Waals surface area contributed by atoms with Crippen molar-refractivity contribution in [2.75, 3.05) is 0 Å². The molecule has 1 heterocycles. The minimum Gasteiger partial charge on any atom is -0.346 e. The molecule has 1 amide bonds. The van der Waals surface area contributed by atoms with Gasteiger partial charge in [-0.05, 0) is 43.2 Å². The van der Waals surface area contributed by atoms with Crippen LogP contribution in [-0.4, -0.2) is 11.6 Å². The summed E-state index contributed by atoms with van der Waals surface area (Å²) in [4.78, 5) is 20.1. The number of fused-ring (bicyclic) bond motifs is 2. The number of amides is 1.